The number of hydrogen-bond acceptors (Lipinski definition) is 2. The van der Waals surface area contributed by atoms with Crippen molar-refractivity contribution >= 4 is 0 Å². The van der Waals surface area contributed by atoms with Crippen LogP contribution in [0.1, 0.15) is 25.1 Å². The summed E-state index contributed by atoms with van der Waals surface area (Å²) in [7, 11) is 0. The van der Waals surface area contributed by atoms with Crippen LogP contribution < -0.4 is 5.32 Å². The number of rotatable bonds is 5. The predicted octanol–water partition coefficient (Wildman–Crippen LogP) is 3.34. The summed E-state index contributed by atoms with van der Waals surface area (Å²) in [5.74, 6) is -2.63. The fourth-order valence-corrected chi connectivity index (χ4v) is 2.03. The van der Waals surface area contributed by atoms with Gasteiger partial charge < -0.3 is 5.32 Å². The van der Waals surface area contributed by atoms with Crippen molar-refractivity contribution in [1.29, 1.82) is 0 Å². The van der Waals surface area contributed by atoms with E-state index >= 15 is 0 Å². The highest BCUT2D eigenvalue weighted by atomic mass is 19.2. The summed E-state index contributed by atoms with van der Waals surface area (Å²) in [6, 6.07) is 1.35. The first-order valence-electron chi connectivity index (χ1n) is 6.79. The molecule has 0 aliphatic carbocycles. The maximum absolute atomic E-state index is 13.8. The van der Waals surface area contributed by atoms with E-state index < -0.39 is 17.5 Å². The Kier molecular flexibility index (Phi) is 4.67. The van der Waals surface area contributed by atoms with Gasteiger partial charge >= 0.3 is 0 Å². The van der Waals surface area contributed by atoms with Crippen LogP contribution in [-0.4, -0.2) is 16.3 Å². The smallest absolute Gasteiger partial charge is 0.161 e. The van der Waals surface area contributed by atoms with E-state index in [1.54, 1.807) is 13.1 Å². The molecule has 3 nitrogen and oxygen atoms in total. The van der Waals surface area contributed by atoms with Gasteiger partial charge in [-0.25, -0.2) is 17.9 Å². The zero-order valence-electron chi connectivity index (χ0n) is 12.3. The van der Waals surface area contributed by atoms with Gasteiger partial charge in [0.1, 0.15) is 5.69 Å². The number of nitrogens with zero attached hydrogens (tertiary/aromatic N) is 2. The van der Waals surface area contributed by atoms with Gasteiger partial charge in [-0.2, -0.15) is 5.10 Å². The number of halogens is 3. The number of nitrogens with one attached hydrogen (secondary N) is 1. The molecular formula is C15H18F3N3. The molecule has 1 N–H and O–H groups in total. The van der Waals surface area contributed by atoms with Crippen molar-refractivity contribution in [3.05, 3.63) is 47.0 Å². The molecule has 0 spiro atoms. The van der Waals surface area contributed by atoms with Crippen LogP contribution in [-0.2, 0) is 6.54 Å². The first-order chi connectivity index (χ1) is 9.90. The molecule has 0 aliphatic rings. The molecule has 1 heterocycles. The lowest BCUT2D eigenvalue weighted by Gasteiger charge is -2.09. The molecule has 2 rings (SSSR count). The summed E-state index contributed by atoms with van der Waals surface area (Å²) >= 11 is 0. The van der Waals surface area contributed by atoms with Crippen LogP contribution in [0.25, 0.3) is 5.69 Å². The van der Waals surface area contributed by atoms with Crippen molar-refractivity contribution < 1.29 is 13.2 Å². The maximum atomic E-state index is 13.8. The molecule has 114 valence electrons. The molecule has 1 aromatic heterocycles. The van der Waals surface area contributed by atoms with Crippen molar-refractivity contribution in [3.8, 4) is 5.69 Å². The third-order valence-electron chi connectivity index (χ3n) is 3.20. The van der Waals surface area contributed by atoms with E-state index in [0.717, 1.165) is 18.2 Å². The van der Waals surface area contributed by atoms with Crippen molar-refractivity contribution in [2.75, 3.05) is 6.54 Å². The lowest BCUT2D eigenvalue weighted by Crippen LogP contribution is -2.19. The van der Waals surface area contributed by atoms with Gasteiger partial charge in [-0.15, -0.1) is 0 Å². The summed E-state index contributed by atoms with van der Waals surface area (Å²) in [5, 5.41) is 7.32. The quantitative estimate of drug-likeness (QED) is 0.858. The second-order valence-corrected chi connectivity index (χ2v) is 5.41. The van der Waals surface area contributed by atoms with Crippen molar-refractivity contribution in [1.82, 2.24) is 15.1 Å². The second-order valence-electron chi connectivity index (χ2n) is 5.41. The molecule has 2 aromatic rings. The van der Waals surface area contributed by atoms with E-state index in [0.29, 0.717) is 24.2 Å². The van der Waals surface area contributed by atoms with Crippen LogP contribution in [0.15, 0.2) is 18.3 Å². The van der Waals surface area contributed by atoms with Gasteiger partial charge in [-0.3, -0.25) is 0 Å². The molecule has 0 amide bonds. The average Bonchev–Trinajstić information content (AvgIpc) is 2.75. The van der Waals surface area contributed by atoms with E-state index in [9.17, 15) is 13.2 Å². The van der Waals surface area contributed by atoms with Crippen LogP contribution in [0.2, 0.25) is 0 Å². The third kappa shape index (κ3) is 3.44. The second kappa shape index (κ2) is 6.30. The van der Waals surface area contributed by atoms with Gasteiger partial charge in [0.25, 0.3) is 0 Å². The molecule has 6 heteroatoms. The topological polar surface area (TPSA) is 29.9 Å². The lowest BCUT2D eigenvalue weighted by molar-refractivity contribution is 0.491. The monoisotopic (exact) mass is 297 g/mol. The van der Waals surface area contributed by atoms with Crippen molar-refractivity contribution in [3.63, 3.8) is 0 Å². The SMILES string of the molecule is Cc1c(CNCC(C)C)cnn1-c1cc(F)c(F)cc1F. The Balaban J connectivity index is 2.26. The molecule has 0 unspecified atom stereocenters. The van der Waals surface area contributed by atoms with E-state index in [-0.39, 0.29) is 5.69 Å². The summed E-state index contributed by atoms with van der Waals surface area (Å²) in [6.07, 6.45) is 1.60. The Bertz CT molecular complexity index is 635. The molecule has 0 fully saturated rings. The Labute approximate surface area is 121 Å². The first-order valence-corrected chi connectivity index (χ1v) is 6.79. The molecular weight excluding hydrogens is 279 g/mol. The van der Waals surface area contributed by atoms with Crippen molar-refractivity contribution in [2.24, 2.45) is 5.92 Å². The van der Waals surface area contributed by atoms with E-state index in [4.69, 9.17) is 0 Å². The van der Waals surface area contributed by atoms with Crippen LogP contribution in [0.3, 0.4) is 0 Å². The first kappa shape index (κ1) is 15.6. The zero-order valence-corrected chi connectivity index (χ0v) is 12.3. The summed E-state index contributed by atoms with van der Waals surface area (Å²) < 4.78 is 41.3. The van der Waals surface area contributed by atoms with Gasteiger partial charge in [-0.05, 0) is 19.4 Å². The van der Waals surface area contributed by atoms with Gasteiger partial charge in [0.2, 0.25) is 0 Å². The summed E-state index contributed by atoms with van der Waals surface area (Å²) in [6.45, 7) is 7.40. The van der Waals surface area contributed by atoms with Crippen LogP contribution in [0.4, 0.5) is 13.2 Å². The number of hydrogen-bond donors (Lipinski definition) is 1. The lowest BCUT2D eigenvalue weighted by atomic mass is 10.2. The van der Waals surface area contributed by atoms with Crippen LogP contribution in [0, 0.1) is 30.3 Å². The molecule has 0 bridgehead atoms. The van der Waals surface area contributed by atoms with E-state index in [1.807, 2.05) is 0 Å². The van der Waals surface area contributed by atoms with E-state index in [1.165, 1.54) is 4.68 Å². The minimum atomic E-state index is -1.21. The van der Waals surface area contributed by atoms with Gasteiger partial charge in [0, 0.05) is 29.9 Å². The average molecular weight is 297 g/mol. The van der Waals surface area contributed by atoms with Crippen LogP contribution in [0.5, 0.6) is 0 Å². The Hall–Kier alpha value is -1.82. The van der Waals surface area contributed by atoms with Gasteiger partial charge in [0.15, 0.2) is 17.5 Å². The van der Waals surface area contributed by atoms with Crippen LogP contribution >= 0.6 is 0 Å². The maximum Gasteiger partial charge on any atom is 0.161 e. The summed E-state index contributed by atoms with van der Waals surface area (Å²) in [5.41, 5.74) is 1.48. The minimum Gasteiger partial charge on any atom is -0.312 e. The Morgan fingerprint density at radius 2 is 1.81 bits per heavy atom. The molecule has 0 aliphatic heterocycles. The highest BCUT2D eigenvalue weighted by molar-refractivity contribution is 5.37. The molecule has 21 heavy (non-hydrogen) atoms. The normalized spacial score (nSPS) is 11.4. The molecule has 0 saturated heterocycles. The number of aromatic nitrogens is 2. The van der Waals surface area contributed by atoms with Gasteiger partial charge in [-0.1, -0.05) is 13.8 Å². The fraction of sp³-hybridized carbons (Fsp3) is 0.400. The third-order valence-corrected chi connectivity index (χ3v) is 3.20. The van der Waals surface area contributed by atoms with Gasteiger partial charge in [0.05, 0.1) is 6.20 Å². The standard InChI is InChI=1S/C15H18F3N3/c1-9(2)6-19-7-11-8-20-21(10(11)3)15-5-13(17)12(16)4-14(15)18/h4-5,8-9,19H,6-7H2,1-3H3. The molecule has 1 aromatic carbocycles. The minimum absolute atomic E-state index is 0.0958. The largest absolute Gasteiger partial charge is 0.312 e. The highest BCUT2D eigenvalue weighted by Crippen LogP contribution is 2.20. The fourth-order valence-electron chi connectivity index (χ4n) is 2.03. The Morgan fingerprint density at radius 3 is 2.48 bits per heavy atom. The van der Waals surface area contributed by atoms with Crippen molar-refractivity contribution in [2.45, 2.75) is 27.3 Å². The highest BCUT2D eigenvalue weighted by Gasteiger charge is 2.15. The molecule has 0 radical (unpaired) electrons. The molecule has 0 saturated carbocycles. The molecule has 0 atom stereocenters. The predicted molar refractivity (Wildman–Crippen MR) is 74.7 cm³/mol. The zero-order chi connectivity index (χ0) is 15.6. The summed E-state index contributed by atoms with van der Waals surface area (Å²) in [4.78, 5) is 0. The number of benzene rings is 1. The van der Waals surface area contributed by atoms with E-state index in [2.05, 4.69) is 24.3 Å². The Morgan fingerprint density at radius 1 is 1.14 bits per heavy atom.